The number of allylic oxidation sites excluding steroid dienone is 2. The van der Waals surface area contributed by atoms with E-state index in [9.17, 15) is 5.11 Å². The predicted octanol–water partition coefficient (Wildman–Crippen LogP) is 7.00. The Labute approximate surface area is 175 Å². The summed E-state index contributed by atoms with van der Waals surface area (Å²) >= 11 is 0. The van der Waals surface area contributed by atoms with Crippen LogP contribution in [0.25, 0.3) is 0 Å². The topological polar surface area (TPSA) is 32.6 Å². The zero-order valence-electron chi connectivity index (χ0n) is 19.2. The van der Waals surface area contributed by atoms with Gasteiger partial charge in [-0.25, -0.2) is 4.99 Å². The van der Waals surface area contributed by atoms with Gasteiger partial charge in [-0.3, -0.25) is 4.48 Å². The van der Waals surface area contributed by atoms with Crippen molar-refractivity contribution in [1.29, 1.82) is 0 Å². The number of hydrogen-bond acceptors (Lipinski definition) is 2. The first kappa shape index (κ1) is 25.4. The lowest BCUT2D eigenvalue weighted by Crippen LogP contribution is -2.57. The highest BCUT2D eigenvalue weighted by Gasteiger charge is 2.41. The lowest BCUT2D eigenvalue weighted by atomic mass is 10.1. The van der Waals surface area contributed by atoms with Crippen molar-refractivity contribution in [3.8, 4) is 0 Å². The molecular formula is C25H49N2O+. The van der Waals surface area contributed by atoms with Crippen LogP contribution in [0, 0.1) is 0 Å². The Morgan fingerprint density at radius 1 is 0.893 bits per heavy atom. The fourth-order valence-electron chi connectivity index (χ4n) is 4.49. The van der Waals surface area contributed by atoms with Gasteiger partial charge in [0, 0.05) is 13.3 Å². The van der Waals surface area contributed by atoms with Crippen LogP contribution in [-0.4, -0.2) is 41.3 Å². The molecule has 28 heavy (non-hydrogen) atoms. The van der Waals surface area contributed by atoms with Gasteiger partial charge in [-0.1, -0.05) is 76.9 Å². The molecule has 0 aliphatic carbocycles. The molecule has 3 atom stereocenters. The molecule has 1 N–H and O–H groups in total. The Morgan fingerprint density at radius 3 is 1.96 bits per heavy atom. The van der Waals surface area contributed by atoms with E-state index in [0.717, 1.165) is 24.0 Å². The molecule has 0 saturated heterocycles. The van der Waals surface area contributed by atoms with Crippen LogP contribution < -0.4 is 0 Å². The maximum Gasteiger partial charge on any atom is 0.189 e. The fourth-order valence-corrected chi connectivity index (χ4v) is 4.49. The van der Waals surface area contributed by atoms with Gasteiger partial charge in [-0.2, -0.15) is 0 Å². The summed E-state index contributed by atoms with van der Waals surface area (Å²) in [5.74, 6) is 0. The quantitative estimate of drug-likeness (QED) is 0.152. The Balaban J connectivity index is 1.92. The van der Waals surface area contributed by atoms with Crippen LogP contribution >= 0.6 is 0 Å². The first-order chi connectivity index (χ1) is 13.7. The average Bonchev–Trinajstić information content (AvgIpc) is 3.12. The third-order valence-electron chi connectivity index (χ3n) is 6.60. The van der Waals surface area contributed by atoms with Crippen molar-refractivity contribution >= 4 is 6.21 Å². The van der Waals surface area contributed by atoms with Crippen molar-refractivity contribution in [2.24, 2.45) is 4.99 Å². The van der Waals surface area contributed by atoms with E-state index in [1.54, 1.807) is 0 Å². The van der Waals surface area contributed by atoms with Crippen molar-refractivity contribution in [2.75, 3.05) is 13.1 Å². The van der Waals surface area contributed by atoms with Gasteiger partial charge >= 0.3 is 0 Å². The van der Waals surface area contributed by atoms with Crippen LogP contribution in [0.2, 0.25) is 0 Å². The molecule has 0 aromatic carbocycles. The van der Waals surface area contributed by atoms with Gasteiger partial charge in [0.15, 0.2) is 12.4 Å². The zero-order valence-corrected chi connectivity index (χ0v) is 19.2. The predicted molar refractivity (Wildman–Crippen MR) is 124 cm³/mol. The van der Waals surface area contributed by atoms with Gasteiger partial charge in [0.2, 0.25) is 0 Å². The highest BCUT2D eigenvalue weighted by Crippen LogP contribution is 2.26. The van der Waals surface area contributed by atoms with Crippen molar-refractivity contribution in [3.63, 3.8) is 0 Å². The number of rotatable bonds is 18. The minimum Gasteiger partial charge on any atom is -0.345 e. The third-order valence-corrected chi connectivity index (χ3v) is 6.60. The molecule has 0 spiro atoms. The third kappa shape index (κ3) is 9.69. The number of unbranched alkanes of at least 4 members (excludes halogenated alkanes) is 12. The lowest BCUT2D eigenvalue weighted by Gasteiger charge is -2.40. The van der Waals surface area contributed by atoms with Gasteiger partial charge in [0.05, 0.1) is 12.8 Å². The van der Waals surface area contributed by atoms with Gasteiger partial charge < -0.3 is 5.11 Å². The molecule has 0 fully saturated rings. The summed E-state index contributed by atoms with van der Waals surface area (Å²) in [6.45, 7) is 8.24. The van der Waals surface area contributed by atoms with E-state index < -0.39 is 0 Å². The Hall–Kier alpha value is -0.670. The number of aliphatic imine (C=N–C) groups is 1. The molecule has 0 aromatic heterocycles. The number of hydrogen-bond donors (Lipinski definition) is 1. The van der Waals surface area contributed by atoms with Gasteiger partial charge in [0.1, 0.15) is 6.54 Å². The van der Waals surface area contributed by atoms with Crippen molar-refractivity contribution in [1.82, 2.24) is 0 Å². The largest absolute Gasteiger partial charge is 0.345 e. The minimum absolute atomic E-state index is 0.275. The Kier molecular flexibility index (Phi) is 14.6. The molecule has 164 valence electrons. The molecule has 0 radical (unpaired) electrons. The van der Waals surface area contributed by atoms with Crippen LogP contribution in [0.4, 0.5) is 0 Å². The van der Waals surface area contributed by atoms with Gasteiger partial charge in [-0.05, 0) is 39.0 Å². The monoisotopic (exact) mass is 393 g/mol. The van der Waals surface area contributed by atoms with E-state index in [-0.39, 0.29) is 12.4 Å². The first-order valence-electron chi connectivity index (χ1n) is 12.4. The van der Waals surface area contributed by atoms with Crippen LogP contribution in [0.5, 0.6) is 0 Å². The van der Waals surface area contributed by atoms with E-state index in [1.807, 2.05) is 13.1 Å². The molecule has 0 saturated carbocycles. The first-order valence-corrected chi connectivity index (χ1v) is 12.4. The second-order valence-electron chi connectivity index (χ2n) is 8.77. The maximum atomic E-state index is 10.2. The van der Waals surface area contributed by atoms with E-state index in [4.69, 9.17) is 0 Å². The van der Waals surface area contributed by atoms with Crippen LogP contribution in [0.1, 0.15) is 117 Å². The van der Waals surface area contributed by atoms with Gasteiger partial charge in [-0.15, -0.1) is 0 Å². The fraction of sp³-hybridized carbons (Fsp3) is 0.880. The Morgan fingerprint density at radius 2 is 1.43 bits per heavy atom. The summed E-state index contributed by atoms with van der Waals surface area (Å²) in [6, 6.07) is 0. The van der Waals surface area contributed by atoms with Crippen LogP contribution in [0.3, 0.4) is 0 Å². The summed E-state index contributed by atoms with van der Waals surface area (Å²) in [5.41, 5.74) is 0. The number of aliphatic hydroxyl groups is 1. The molecule has 1 aliphatic rings. The Bertz CT molecular complexity index is 419. The molecule has 1 rings (SSSR count). The molecule has 3 nitrogen and oxygen atoms in total. The van der Waals surface area contributed by atoms with Gasteiger partial charge in [0.25, 0.3) is 0 Å². The maximum absolute atomic E-state index is 10.2. The summed E-state index contributed by atoms with van der Waals surface area (Å²) in [7, 11) is 0. The molecule has 3 unspecified atom stereocenters. The number of aliphatic hydroxyl groups excluding tert-OH is 1. The normalized spacial score (nSPS) is 23.1. The van der Waals surface area contributed by atoms with E-state index in [2.05, 4.69) is 31.0 Å². The molecule has 0 aromatic rings. The SMILES string of the molecule is CCCCCCCCCC/C=C/CCCCCCC1N=CC[N+]1(CC)C(C)O. The van der Waals surface area contributed by atoms with Crippen molar-refractivity contribution in [2.45, 2.75) is 129 Å². The van der Waals surface area contributed by atoms with Crippen molar-refractivity contribution in [3.05, 3.63) is 12.2 Å². The second-order valence-corrected chi connectivity index (χ2v) is 8.77. The molecule has 1 aliphatic heterocycles. The van der Waals surface area contributed by atoms with E-state index in [1.165, 1.54) is 89.9 Å². The second kappa shape index (κ2) is 16.2. The van der Waals surface area contributed by atoms with Crippen molar-refractivity contribution < 1.29 is 9.59 Å². The highest BCUT2D eigenvalue weighted by atomic mass is 16.3. The molecular weight excluding hydrogens is 344 g/mol. The summed E-state index contributed by atoms with van der Waals surface area (Å²) in [5, 5.41) is 10.2. The summed E-state index contributed by atoms with van der Waals surface area (Å²) < 4.78 is 0.738. The van der Waals surface area contributed by atoms with E-state index >= 15 is 0 Å². The average molecular weight is 394 g/mol. The number of nitrogens with zero attached hydrogens (tertiary/aromatic N) is 2. The summed E-state index contributed by atoms with van der Waals surface area (Å²) in [4.78, 5) is 4.66. The highest BCUT2D eigenvalue weighted by molar-refractivity contribution is 5.60. The summed E-state index contributed by atoms with van der Waals surface area (Å²) in [6.07, 6.45) is 26.8. The minimum atomic E-state index is -0.316. The molecule has 0 amide bonds. The van der Waals surface area contributed by atoms with E-state index in [0.29, 0.717) is 0 Å². The van der Waals surface area contributed by atoms with Crippen LogP contribution in [0.15, 0.2) is 17.1 Å². The lowest BCUT2D eigenvalue weighted by molar-refractivity contribution is -0.976. The zero-order chi connectivity index (χ0) is 20.5. The standard InChI is InChI=1S/C25H49N2O/c1-4-6-7-8-9-10-11-12-13-14-15-16-17-18-19-20-21-25-26-22-23-27(25,5-2)24(3)28/h14-15,22,24-25,28H,4-13,16-21,23H2,1-3H3/q+1/b15-14+. The van der Waals surface area contributed by atoms with Crippen LogP contribution in [-0.2, 0) is 0 Å². The number of quaternary nitrogens is 1. The molecule has 3 heteroatoms. The molecule has 0 bridgehead atoms. The molecule has 1 heterocycles. The smallest absolute Gasteiger partial charge is 0.189 e.